The first-order valence-electron chi connectivity index (χ1n) is 6.58. The van der Waals surface area contributed by atoms with E-state index < -0.39 is 16.4 Å². The summed E-state index contributed by atoms with van der Waals surface area (Å²) in [5.41, 5.74) is 0.0514. The molecule has 2 aromatic rings. The number of nitrogens with zero attached hydrogens (tertiary/aromatic N) is 1. The summed E-state index contributed by atoms with van der Waals surface area (Å²) in [7, 11) is 2.69. The van der Waals surface area contributed by atoms with Gasteiger partial charge >= 0.3 is 5.69 Å². The number of ether oxygens (including phenoxy) is 2. The second-order valence-electron chi connectivity index (χ2n) is 4.58. The summed E-state index contributed by atoms with van der Waals surface area (Å²) in [5.74, 6) is -0.614. The Hall–Kier alpha value is -3.03. The SMILES string of the molecule is COc1cc(NCc2cccc(OC)c2O)c(F)cc1[N+](=O)[O-]. The van der Waals surface area contributed by atoms with E-state index in [0.29, 0.717) is 11.3 Å². The predicted octanol–water partition coefficient (Wildman–Crippen LogP) is 3.07. The van der Waals surface area contributed by atoms with E-state index in [1.165, 1.54) is 20.3 Å². The zero-order valence-corrected chi connectivity index (χ0v) is 12.5. The van der Waals surface area contributed by atoms with E-state index >= 15 is 0 Å². The molecule has 2 rings (SSSR count). The van der Waals surface area contributed by atoms with Crippen molar-refractivity contribution in [2.45, 2.75) is 6.54 Å². The maximum Gasteiger partial charge on any atom is 0.313 e. The van der Waals surface area contributed by atoms with Gasteiger partial charge in [0.1, 0.15) is 0 Å². The minimum absolute atomic E-state index is 0.0228. The van der Waals surface area contributed by atoms with Crippen LogP contribution in [0.25, 0.3) is 0 Å². The molecule has 122 valence electrons. The van der Waals surface area contributed by atoms with E-state index in [2.05, 4.69) is 5.32 Å². The number of anilines is 1. The molecular weight excluding hydrogens is 307 g/mol. The number of phenols is 1. The molecule has 0 aliphatic carbocycles. The van der Waals surface area contributed by atoms with Crippen molar-refractivity contribution in [2.75, 3.05) is 19.5 Å². The van der Waals surface area contributed by atoms with E-state index in [1.807, 2.05) is 0 Å². The normalized spacial score (nSPS) is 10.2. The van der Waals surface area contributed by atoms with Crippen molar-refractivity contribution in [1.29, 1.82) is 0 Å². The molecule has 0 aliphatic heterocycles. The summed E-state index contributed by atoms with van der Waals surface area (Å²) in [6, 6.07) is 6.90. The summed E-state index contributed by atoms with van der Waals surface area (Å²) in [4.78, 5) is 10.1. The Morgan fingerprint density at radius 1 is 1.26 bits per heavy atom. The number of methoxy groups -OCH3 is 2. The molecule has 0 bridgehead atoms. The number of para-hydroxylation sites is 1. The average Bonchev–Trinajstić information content (AvgIpc) is 2.54. The number of aromatic hydroxyl groups is 1. The number of hydrogen-bond donors (Lipinski definition) is 2. The smallest absolute Gasteiger partial charge is 0.313 e. The molecule has 0 aliphatic rings. The highest BCUT2D eigenvalue weighted by Crippen LogP contribution is 2.34. The Morgan fingerprint density at radius 3 is 2.57 bits per heavy atom. The van der Waals surface area contributed by atoms with E-state index in [-0.39, 0.29) is 23.7 Å². The number of benzene rings is 2. The maximum absolute atomic E-state index is 14.0. The van der Waals surface area contributed by atoms with Gasteiger partial charge in [0, 0.05) is 18.2 Å². The van der Waals surface area contributed by atoms with E-state index in [4.69, 9.17) is 9.47 Å². The second-order valence-corrected chi connectivity index (χ2v) is 4.58. The third-order valence-corrected chi connectivity index (χ3v) is 3.24. The Morgan fingerprint density at radius 2 is 1.96 bits per heavy atom. The molecule has 0 fully saturated rings. The van der Waals surface area contributed by atoms with Crippen LogP contribution in [0.4, 0.5) is 15.8 Å². The molecule has 0 unspecified atom stereocenters. The number of nitrogens with one attached hydrogen (secondary N) is 1. The van der Waals surface area contributed by atoms with Crippen molar-refractivity contribution in [2.24, 2.45) is 0 Å². The molecule has 0 spiro atoms. The number of hydrogen-bond acceptors (Lipinski definition) is 6. The van der Waals surface area contributed by atoms with Gasteiger partial charge in [-0.05, 0) is 6.07 Å². The quantitative estimate of drug-likeness (QED) is 0.627. The minimum atomic E-state index is -0.792. The topological polar surface area (TPSA) is 93.9 Å². The summed E-state index contributed by atoms with van der Waals surface area (Å²) in [5, 5.41) is 23.6. The highest BCUT2D eigenvalue weighted by atomic mass is 19.1. The van der Waals surface area contributed by atoms with E-state index in [0.717, 1.165) is 6.07 Å². The van der Waals surface area contributed by atoms with Crippen molar-refractivity contribution in [3.63, 3.8) is 0 Å². The molecule has 23 heavy (non-hydrogen) atoms. The number of halogens is 1. The summed E-state index contributed by atoms with van der Waals surface area (Å²) in [6.07, 6.45) is 0. The monoisotopic (exact) mass is 322 g/mol. The number of rotatable bonds is 6. The molecule has 2 aromatic carbocycles. The lowest BCUT2D eigenvalue weighted by molar-refractivity contribution is -0.385. The lowest BCUT2D eigenvalue weighted by Crippen LogP contribution is -2.04. The van der Waals surface area contributed by atoms with Crippen LogP contribution >= 0.6 is 0 Å². The fourth-order valence-electron chi connectivity index (χ4n) is 2.05. The van der Waals surface area contributed by atoms with Gasteiger partial charge in [0.25, 0.3) is 0 Å². The molecule has 8 heteroatoms. The van der Waals surface area contributed by atoms with Gasteiger partial charge in [-0.15, -0.1) is 0 Å². The molecule has 0 amide bonds. The first-order valence-corrected chi connectivity index (χ1v) is 6.58. The zero-order chi connectivity index (χ0) is 17.0. The highest BCUT2D eigenvalue weighted by Gasteiger charge is 2.19. The number of nitro benzene ring substituents is 1. The third-order valence-electron chi connectivity index (χ3n) is 3.24. The maximum atomic E-state index is 14.0. The first kappa shape index (κ1) is 16.3. The Labute approximate surface area is 131 Å². The number of phenolic OH excluding ortho intramolecular Hbond substituents is 1. The lowest BCUT2D eigenvalue weighted by atomic mass is 10.1. The van der Waals surface area contributed by atoms with Crippen molar-refractivity contribution >= 4 is 11.4 Å². The molecule has 0 radical (unpaired) electrons. The lowest BCUT2D eigenvalue weighted by Gasteiger charge is -2.12. The van der Waals surface area contributed by atoms with Crippen LogP contribution in [-0.2, 0) is 6.54 Å². The highest BCUT2D eigenvalue weighted by molar-refractivity contribution is 5.59. The molecular formula is C15H15FN2O5. The Bertz CT molecular complexity index is 736. The average molecular weight is 322 g/mol. The first-order chi connectivity index (χ1) is 11.0. The van der Waals surface area contributed by atoms with Crippen LogP contribution in [0.1, 0.15) is 5.56 Å². The van der Waals surface area contributed by atoms with Crippen LogP contribution in [-0.4, -0.2) is 24.2 Å². The van der Waals surface area contributed by atoms with Crippen LogP contribution in [0.3, 0.4) is 0 Å². The molecule has 0 atom stereocenters. The van der Waals surface area contributed by atoms with Gasteiger partial charge in [0.15, 0.2) is 23.1 Å². The van der Waals surface area contributed by atoms with Gasteiger partial charge in [0.05, 0.1) is 30.9 Å². The Balaban J connectivity index is 2.26. The van der Waals surface area contributed by atoms with Crippen LogP contribution in [0.2, 0.25) is 0 Å². The molecule has 7 nitrogen and oxygen atoms in total. The number of nitro groups is 1. The van der Waals surface area contributed by atoms with Gasteiger partial charge in [-0.1, -0.05) is 12.1 Å². The molecule has 0 heterocycles. The van der Waals surface area contributed by atoms with Gasteiger partial charge in [-0.3, -0.25) is 10.1 Å². The fraction of sp³-hybridized carbons (Fsp3) is 0.200. The van der Waals surface area contributed by atoms with Gasteiger partial charge in [-0.25, -0.2) is 4.39 Å². The van der Waals surface area contributed by atoms with Crippen LogP contribution in [0.5, 0.6) is 17.2 Å². The van der Waals surface area contributed by atoms with Crippen LogP contribution in [0.15, 0.2) is 30.3 Å². The second kappa shape index (κ2) is 6.82. The zero-order valence-electron chi connectivity index (χ0n) is 12.5. The summed E-state index contributed by atoms with van der Waals surface area (Å²) >= 11 is 0. The summed E-state index contributed by atoms with van der Waals surface area (Å²) < 4.78 is 23.9. The third kappa shape index (κ3) is 3.42. The Kier molecular flexibility index (Phi) is 4.85. The summed E-state index contributed by atoms with van der Waals surface area (Å²) in [6.45, 7) is 0.0981. The van der Waals surface area contributed by atoms with Crippen molar-refractivity contribution in [3.8, 4) is 17.2 Å². The molecule has 0 saturated heterocycles. The minimum Gasteiger partial charge on any atom is -0.504 e. The van der Waals surface area contributed by atoms with Crippen molar-refractivity contribution in [1.82, 2.24) is 0 Å². The molecule has 0 aromatic heterocycles. The van der Waals surface area contributed by atoms with E-state index in [1.54, 1.807) is 18.2 Å². The molecule has 2 N–H and O–H groups in total. The standard InChI is InChI=1S/C15H15FN2O5/c1-22-13-5-3-4-9(15(13)19)8-17-11-7-14(23-2)12(18(20)21)6-10(11)16/h3-7,17,19H,8H2,1-2H3. The van der Waals surface area contributed by atoms with E-state index in [9.17, 15) is 19.6 Å². The van der Waals surface area contributed by atoms with Gasteiger partial charge < -0.3 is 19.9 Å². The van der Waals surface area contributed by atoms with Gasteiger partial charge in [0.2, 0.25) is 0 Å². The fourth-order valence-corrected chi connectivity index (χ4v) is 2.05. The van der Waals surface area contributed by atoms with Crippen molar-refractivity contribution in [3.05, 3.63) is 51.8 Å². The van der Waals surface area contributed by atoms with Crippen LogP contribution in [0, 0.1) is 15.9 Å². The largest absolute Gasteiger partial charge is 0.504 e. The molecule has 0 saturated carbocycles. The van der Waals surface area contributed by atoms with Crippen LogP contribution < -0.4 is 14.8 Å². The van der Waals surface area contributed by atoms with Gasteiger partial charge in [-0.2, -0.15) is 0 Å². The predicted molar refractivity (Wildman–Crippen MR) is 81.6 cm³/mol. The van der Waals surface area contributed by atoms with Crippen molar-refractivity contribution < 1.29 is 23.9 Å².